The Labute approximate surface area is 142 Å². The maximum Gasteiger partial charge on any atom is 0.123 e. The number of hydrogen-bond donors (Lipinski definition) is 0. The summed E-state index contributed by atoms with van der Waals surface area (Å²) in [5.41, 5.74) is 9.37. The fourth-order valence-corrected chi connectivity index (χ4v) is 3.52. The largest absolute Gasteiger partial charge is 0.295 e. The summed E-state index contributed by atoms with van der Waals surface area (Å²) in [5.74, 6) is 0.240. The molecule has 130 valence electrons. The first-order valence-corrected chi connectivity index (χ1v) is 8.29. The van der Waals surface area contributed by atoms with Gasteiger partial charge in [-0.15, -0.1) is 6.58 Å². The minimum Gasteiger partial charge on any atom is -0.295 e. The molecule has 0 spiro atoms. The van der Waals surface area contributed by atoms with Gasteiger partial charge in [-0.3, -0.25) is 4.84 Å². The molecule has 1 aliphatic rings. The molecule has 1 fully saturated rings. The lowest BCUT2D eigenvalue weighted by atomic mass is 9.81. The third kappa shape index (κ3) is 4.57. The highest BCUT2D eigenvalue weighted by molar-refractivity contribution is 5.16. The van der Waals surface area contributed by atoms with Crippen LogP contribution in [0.2, 0.25) is 0 Å². The lowest BCUT2D eigenvalue weighted by molar-refractivity contribution is -0.195. The molecule has 1 heterocycles. The zero-order valence-corrected chi connectivity index (χ0v) is 14.4. The maximum atomic E-state index is 13.1. The van der Waals surface area contributed by atoms with Crippen LogP contribution in [-0.2, 0) is 11.4 Å². The molecule has 24 heavy (non-hydrogen) atoms. The van der Waals surface area contributed by atoms with E-state index in [-0.39, 0.29) is 17.5 Å². The summed E-state index contributed by atoms with van der Waals surface area (Å²) in [5, 5.41) is 5.65. The Kier molecular flexibility index (Phi) is 6.37. The van der Waals surface area contributed by atoms with Crippen molar-refractivity contribution >= 4 is 0 Å². The Balaban J connectivity index is 2.24. The Hall–Kier alpha value is -1.88. The standard InChI is InChI=1S/C18H25FN4O/c1-4-9-18(10-14(2)3)11-17(12-21-22-20)24-23(18)13-15-5-7-16(19)8-6-15/h4-8,14,17H,1,9-13H2,2-3H3. The fraction of sp³-hybridized carbons (Fsp3) is 0.556. The zero-order chi connectivity index (χ0) is 17.6. The van der Waals surface area contributed by atoms with Crippen molar-refractivity contribution in [1.29, 1.82) is 0 Å². The van der Waals surface area contributed by atoms with Crippen LogP contribution in [0.5, 0.6) is 0 Å². The van der Waals surface area contributed by atoms with Crippen LogP contribution < -0.4 is 0 Å². The van der Waals surface area contributed by atoms with Crippen molar-refractivity contribution in [2.24, 2.45) is 11.0 Å². The van der Waals surface area contributed by atoms with Crippen molar-refractivity contribution in [2.45, 2.75) is 51.3 Å². The average Bonchev–Trinajstić information content (AvgIpc) is 2.84. The van der Waals surface area contributed by atoms with Crippen molar-refractivity contribution in [3.63, 3.8) is 0 Å². The Bertz CT molecular complexity index is 598. The molecule has 0 radical (unpaired) electrons. The second-order valence-electron chi connectivity index (χ2n) is 6.82. The van der Waals surface area contributed by atoms with Gasteiger partial charge in [0.15, 0.2) is 0 Å². The third-order valence-electron chi connectivity index (χ3n) is 4.31. The highest BCUT2D eigenvalue weighted by atomic mass is 19.1. The van der Waals surface area contributed by atoms with Crippen LogP contribution in [0.15, 0.2) is 42.0 Å². The first kappa shape index (κ1) is 18.5. The summed E-state index contributed by atoms with van der Waals surface area (Å²) in [6.07, 6.45) is 4.31. The number of halogens is 1. The predicted molar refractivity (Wildman–Crippen MR) is 92.4 cm³/mol. The van der Waals surface area contributed by atoms with Gasteiger partial charge in [-0.25, -0.2) is 4.39 Å². The lowest BCUT2D eigenvalue weighted by Crippen LogP contribution is -2.43. The van der Waals surface area contributed by atoms with Gasteiger partial charge in [-0.2, -0.15) is 5.06 Å². The molecule has 5 nitrogen and oxygen atoms in total. The molecule has 2 rings (SSSR count). The smallest absolute Gasteiger partial charge is 0.123 e. The number of hydrogen-bond acceptors (Lipinski definition) is 3. The van der Waals surface area contributed by atoms with E-state index in [2.05, 4.69) is 30.5 Å². The van der Waals surface area contributed by atoms with Gasteiger partial charge in [-0.05, 0) is 48.4 Å². The Morgan fingerprint density at radius 1 is 1.50 bits per heavy atom. The van der Waals surface area contributed by atoms with E-state index in [1.807, 2.05) is 11.1 Å². The van der Waals surface area contributed by atoms with Gasteiger partial charge in [0.2, 0.25) is 0 Å². The fourth-order valence-electron chi connectivity index (χ4n) is 3.52. The van der Waals surface area contributed by atoms with Crippen LogP contribution >= 0.6 is 0 Å². The molecule has 0 aromatic heterocycles. The number of hydroxylamine groups is 2. The molecule has 0 bridgehead atoms. The molecule has 1 aromatic rings. The minimum atomic E-state index is -0.248. The van der Waals surface area contributed by atoms with Crippen LogP contribution in [0.1, 0.15) is 38.7 Å². The Morgan fingerprint density at radius 2 is 2.21 bits per heavy atom. The summed E-state index contributed by atoms with van der Waals surface area (Å²) in [7, 11) is 0. The first-order chi connectivity index (χ1) is 11.5. The molecule has 1 aliphatic heterocycles. The van der Waals surface area contributed by atoms with Crippen molar-refractivity contribution in [1.82, 2.24) is 5.06 Å². The number of rotatable bonds is 8. The molecule has 1 aromatic carbocycles. The summed E-state index contributed by atoms with van der Waals surface area (Å²) >= 11 is 0. The molecule has 0 aliphatic carbocycles. The molecule has 0 amide bonds. The maximum absolute atomic E-state index is 13.1. The molecule has 2 atom stereocenters. The number of nitrogens with zero attached hydrogens (tertiary/aromatic N) is 4. The number of benzene rings is 1. The van der Waals surface area contributed by atoms with Crippen molar-refractivity contribution in [3.8, 4) is 0 Å². The molecule has 2 unspecified atom stereocenters. The molecule has 0 N–H and O–H groups in total. The predicted octanol–water partition coefficient (Wildman–Crippen LogP) is 5.00. The highest BCUT2D eigenvalue weighted by Gasteiger charge is 2.46. The first-order valence-electron chi connectivity index (χ1n) is 8.29. The second kappa shape index (κ2) is 8.29. The van der Waals surface area contributed by atoms with Gasteiger partial charge in [0.05, 0.1) is 18.2 Å². The van der Waals surface area contributed by atoms with E-state index < -0.39 is 0 Å². The van der Waals surface area contributed by atoms with Crippen LogP contribution in [0, 0.1) is 11.7 Å². The van der Waals surface area contributed by atoms with Gasteiger partial charge in [0.1, 0.15) is 5.82 Å². The van der Waals surface area contributed by atoms with Crippen LogP contribution in [0.25, 0.3) is 10.4 Å². The Morgan fingerprint density at radius 3 is 2.79 bits per heavy atom. The summed E-state index contributed by atoms with van der Waals surface area (Å²) in [6.45, 7) is 9.14. The summed E-state index contributed by atoms with van der Waals surface area (Å²) in [4.78, 5) is 8.93. The monoisotopic (exact) mass is 332 g/mol. The minimum absolute atomic E-state index is 0.139. The summed E-state index contributed by atoms with van der Waals surface area (Å²) < 4.78 is 13.1. The SMILES string of the molecule is C=CCC1(CC(C)C)CC(CN=[N+]=[N-])ON1Cc1ccc(F)cc1. The second-order valence-corrected chi connectivity index (χ2v) is 6.82. The van der Waals surface area contributed by atoms with E-state index in [9.17, 15) is 4.39 Å². The van der Waals surface area contributed by atoms with E-state index in [1.165, 1.54) is 12.1 Å². The van der Waals surface area contributed by atoms with Crippen LogP contribution in [0.3, 0.4) is 0 Å². The van der Waals surface area contributed by atoms with Gasteiger partial charge in [0.25, 0.3) is 0 Å². The van der Waals surface area contributed by atoms with Crippen LogP contribution in [0.4, 0.5) is 4.39 Å². The van der Waals surface area contributed by atoms with E-state index in [1.54, 1.807) is 12.1 Å². The molecular formula is C18H25FN4O. The zero-order valence-electron chi connectivity index (χ0n) is 14.4. The van der Waals surface area contributed by atoms with Gasteiger partial charge in [0, 0.05) is 11.5 Å². The van der Waals surface area contributed by atoms with Crippen molar-refractivity contribution < 1.29 is 9.23 Å². The van der Waals surface area contributed by atoms with Crippen molar-refractivity contribution in [2.75, 3.05) is 6.54 Å². The van der Waals surface area contributed by atoms with E-state index in [0.29, 0.717) is 19.0 Å². The van der Waals surface area contributed by atoms with E-state index >= 15 is 0 Å². The molecular weight excluding hydrogens is 307 g/mol. The number of azide groups is 1. The average molecular weight is 332 g/mol. The normalized spacial score (nSPS) is 24.1. The summed E-state index contributed by atoms with van der Waals surface area (Å²) in [6, 6.07) is 6.46. The topological polar surface area (TPSA) is 61.2 Å². The highest BCUT2D eigenvalue weighted by Crippen LogP contribution is 2.41. The molecule has 6 heteroatoms. The van der Waals surface area contributed by atoms with Crippen LogP contribution in [-0.4, -0.2) is 23.3 Å². The van der Waals surface area contributed by atoms with Gasteiger partial charge < -0.3 is 0 Å². The van der Waals surface area contributed by atoms with E-state index in [4.69, 9.17) is 10.4 Å². The molecule has 0 saturated carbocycles. The van der Waals surface area contributed by atoms with E-state index in [0.717, 1.165) is 24.8 Å². The van der Waals surface area contributed by atoms with Crippen molar-refractivity contribution in [3.05, 3.63) is 58.7 Å². The van der Waals surface area contributed by atoms with Gasteiger partial charge >= 0.3 is 0 Å². The molecule has 1 saturated heterocycles. The quantitative estimate of drug-likeness (QED) is 0.291. The van der Waals surface area contributed by atoms with Gasteiger partial charge in [-0.1, -0.05) is 37.2 Å². The third-order valence-corrected chi connectivity index (χ3v) is 4.31. The lowest BCUT2D eigenvalue weighted by Gasteiger charge is -2.37.